The molecule has 0 aliphatic rings. The summed E-state index contributed by atoms with van der Waals surface area (Å²) >= 11 is 7.02. The van der Waals surface area contributed by atoms with Crippen LogP contribution >= 0.6 is 39.0 Å². The Labute approximate surface area is 124 Å². The van der Waals surface area contributed by atoms with Crippen LogP contribution in [-0.4, -0.2) is 15.8 Å². The quantitative estimate of drug-likeness (QED) is 0.858. The summed E-state index contributed by atoms with van der Waals surface area (Å²) in [5.74, 6) is 0. The van der Waals surface area contributed by atoms with Gasteiger partial charge < -0.3 is 5.73 Å². The Bertz CT molecular complexity index is 533. The molecule has 2 unspecified atom stereocenters. The SMILES string of the molecule is Cc1cc(SC(c2ccc(Br)s2)C(C)N)n(C)n1. The van der Waals surface area contributed by atoms with E-state index in [0.717, 1.165) is 14.5 Å². The van der Waals surface area contributed by atoms with E-state index in [1.807, 2.05) is 18.7 Å². The molecular formula is C12H16BrN3S2. The predicted octanol–water partition coefficient (Wildman–Crippen LogP) is 3.73. The Balaban J connectivity index is 2.24. The van der Waals surface area contributed by atoms with E-state index in [0.29, 0.717) is 0 Å². The summed E-state index contributed by atoms with van der Waals surface area (Å²) in [4.78, 5) is 1.29. The van der Waals surface area contributed by atoms with Crippen molar-refractivity contribution >= 4 is 39.0 Å². The van der Waals surface area contributed by atoms with Gasteiger partial charge in [0.15, 0.2) is 0 Å². The Morgan fingerprint density at radius 1 is 1.50 bits per heavy atom. The lowest BCUT2D eigenvalue weighted by molar-refractivity contribution is 0.682. The summed E-state index contributed by atoms with van der Waals surface area (Å²) in [5, 5.41) is 5.78. The van der Waals surface area contributed by atoms with Crippen LogP contribution in [0.1, 0.15) is 22.7 Å². The van der Waals surface area contributed by atoms with Crippen molar-refractivity contribution in [2.45, 2.75) is 30.2 Å². The molecule has 0 saturated carbocycles. The fraction of sp³-hybridized carbons (Fsp3) is 0.417. The van der Waals surface area contributed by atoms with Gasteiger partial charge in [0, 0.05) is 18.0 Å². The first-order valence-corrected chi connectivity index (χ1v) is 8.14. The van der Waals surface area contributed by atoms with E-state index in [-0.39, 0.29) is 11.3 Å². The molecule has 2 aromatic heterocycles. The third-order valence-corrected chi connectivity index (χ3v) is 5.98. The molecule has 3 nitrogen and oxygen atoms in total. The summed E-state index contributed by atoms with van der Waals surface area (Å²) in [7, 11) is 1.97. The molecule has 2 atom stereocenters. The van der Waals surface area contributed by atoms with Crippen molar-refractivity contribution in [1.29, 1.82) is 0 Å². The summed E-state index contributed by atoms with van der Waals surface area (Å²) in [6, 6.07) is 6.40. The fourth-order valence-electron chi connectivity index (χ4n) is 1.73. The van der Waals surface area contributed by atoms with Gasteiger partial charge in [0.1, 0.15) is 0 Å². The number of aryl methyl sites for hydroxylation is 2. The van der Waals surface area contributed by atoms with Gasteiger partial charge in [-0.25, -0.2) is 0 Å². The van der Waals surface area contributed by atoms with Crippen molar-refractivity contribution in [2.75, 3.05) is 0 Å². The zero-order chi connectivity index (χ0) is 13.3. The second kappa shape index (κ2) is 5.77. The lowest BCUT2D eigenvalue weighted by atomic mass is 10.2. The van der Waals surface area contributed by atoms with Crippen LogP contribution in [0.5, 0.6) is 0 Å². The molecule has 2 rings (SSSR count). The van der Waals surface area contributed by atoms with Crippen molar-refractivity contribution in [3.8, 4) is 0 Å². The maximum absolute atomic E-state index is 6.12. The molecule has 0 amide bonds. The van der Waals surface area contributed by atoms with Gasteiger partial charge >= 0.3 is 0 Å². The molecule has 98 valence electrons. The minimum absolute atomic E-state index is 0.0933. The number of hydrogen-bond acceptors (Lipinski definition) is 4. The Kier molecular flexibility index (Phi) is 4.53. The highest BCUT2D eigenvalue weighted by molar-refractivity contribution is 9.11. The zero-order valence-corrected chi connectivity index (χ0v) is 13.8. The monoisotopic (exact) mass is 345 g/mol. The highest BCUT2D eigenvalue weighted by Crippen LogP contribution is 2.41. The number of thiophene rings is 1. The van der Waals surface area contributed by atoms with Gasteiger partial charge in [-0.05, 0) is 48.0 Å². The first-order valence-electron chi connectivity index (χ1n) is 5.65. The number of rotatable bonds is 4. The lowest BCUT2D eigenvalue weighted by Gasteiger charge is -2.18. The first-order chi connectivity index (χ1) is 8.47. The largest absolute Gasteiger partial charge is 0.327 e. The second-order valence-electron chi connectivity index (χ2n) is 4.29. The van der Waals surface area contributed by atoms with Gasteiger partial charge in [0.05, 0.1) is 19.8 Å². The molecule has 2 heterocycles. The van der Waals surface area contributed by atoms with Crippen molar-refractivity contribution in [2.24, 2.45) is 12.8 Å². The van der Waals surface area contributed by atoms with Crippen LogP contribution in [0.15, 0.2) is 27.0 Å². The second-order valence-corrected chi connectivity index (χ2v) is 7.94. The molecule has 6 heteroatoms. The maximum atomic E-state index is 6.12. The summed E-state index contributed by atoms with van der Waals surface area (Å²) in [6.07, 6.45) is 0. The summed E-state index contributed by atoms with van der Waals surface area (Å²) in [6.45, 7) is 4.06. The number of hydrogen-bond donors (Lipinski definition) is 1. The highest BCUT2D eigenvalue weighted by atomic mass is 79.9. The average Bonchev–Trinajstić information content (AvgIpc) is 2.81. The standard InChI is InChI=1S/C12H16BrN3S2/c1-7-6-11(16(3)15-7)18-12(8(2)14)9-4-5-10(13)17-9/h4-6,8,12H,14H2,1-3H3. The van der Waals surface area contributed by atoms with E-state index in [4.69, 9.17) is 5.73 Å². The Morgan fingerprint density at radius 3 is 2.67 bits per heavy atom. The molecule has 0 aromatic carbocycles. The van der Waals surface area contributed by atoms with Crippen LogP contribution < -0.4 is 5.73 Å². The third kappa shape index (κ3) is 3.17. The van der Waals surface area contributed by atoms with Gasteiger partial charge in [-0.1, -0.05) is 11.8 Å². The van der Waals surface area contributed by atoms with E-state index >= 15 is 0 Å². The van der Waals surface area contributed by atoms with Gasteiger partial charge in [-0.15, -0.1) is 11.3 Å². The predicted molar refractivity (Wildman–Crippen MR) is 82.2 cm³/mol. The molecule has 0 radical (unpaired) electrons. The van der Waals surface area contributed by atoms with Gasteiger partial charge in [-0.2, -0.15) is 5.10 Å². The minimum Gasteiger partial charge on any atom is -0.327 e. The average molecular weight is 346 g/mol. The molecule has 0 bridgehead atoms. The van der Waals surface area contributed by atoms with Crippen molar-refractivity contribution in [1.82, 2.24) is 9.78 Å². The molecule has 2 aromatic rings. The topological polar surface area (TPSA) is 43.8 Å². The van der Waals surface area contributed by atoms with Crippen LogP contribution in [0.2, 0.25) is 0 Å². The van der Waals surface area contributed by atoms with E-state index < -0.39 is 0 Å². The molecule has 2 N–H and O–H groups in total. The normalized spacial score (nSPS) is 14.7. The molecule has 0 fully saturated rings. The minimum atomic E-state index is 0.0933. The summed E-state index contributed by atoms with van der Waals surface area (Å²) in [5.41, 5.74) is 7.16. The number of aromatic nitrogens is 2. The van der Waals surface area contributed by atoms with Crippen LogP contribution in [0, 0.1) is 6.92 Å². The lowest BCUT2D eigenvalue weighted by Crippen LogP contribution is -2.22. The summed E-state index contributed by atoms with van der Waals surface area (Å²) < 4.78 is 3.06. The molecule has 0 aliphatic heterocycles. The number of nitrogens with two attached hydrogens (primary N) is 1. The first kappa shape index (κ1) is 14.1. The van der Waals surface area contributed by atoms with E-state index in [1.54, 1.807) is 23.1 Å². The van der Waals surface area contributed by atoms with Crippen molar-refractivity contribution < 1.29 is 0 Å². The zero-order valence-electron chi connectivity index (χ0n) is 10.6. The van der Waals surface area contributed by atoms with Crippen LogP contribution in [0.25, 0.3) is 0 Å². The van der Waals surface area contributed by atoms with Crippen molar-refractivity contribution in [3.05, 3.63) is 32.6 Å². The van der Waals surface area contributed by atoms with Gasteiger partial charge in [0.2, 0.25) is 0 Å². The Morgan fingerprint density at radius 2 is 2.22 bits per heavy atom. The van der Waals surface area contributed by atoms with Crippen LogP contribution in [0.4, 0.5) is 0 Å². The van der Waals surface area contributed by atoms with Crippen molar-refractivity contribution in [3.63, 3.8) is 0 Å². The smallest absolute Gasteiger partial charge is 0.0946 e. The molecular weight excluding hydrogens is 330 g/mol. The van der Waals surface area contributed by atoms with Gasteiger partial charge in [0.25, 0.3) is 0 Å². The number of thioether (sulfide) groups is 1. The van der Waals surface area contributed by atoms with Crippen LogP contribution in [0.3, 0.4) is 0 Å². The molecule has 18 heavy (non-hydrogen) atoms. The number of halogens is 1. The maximum Gasteiger partial charge on any atom is 0.0946 e. The van der Waals surface area contributed by atoms with E-state index in [1.165, 1.54) is 4.88 Å². The molecule has 0 saturated heterocycles. The van der Waals surface area contributed by atoms with E-state index in [2.05, 4.69) is 46.2 Å². The molecule has 0 aliphatic carbocycles. The molecule has 0 spiro atoms. The fourth-order valence-corrected chi connectivity index (χ4v) is 4.64. The Hall–Kier alpha value is -0.300. The highest BCUT2D eigenvalue weighted by Gasteiger charge is 2.21. The van der Waals surface area contributed by atoms with E-state index in [9.17, 15) is 0 Å². The number of nitrogens with zero attached hydrogens (tertiary/aromatic N) is 2. The van der Waals surface area contributed by atoms with Crippen LogP contribution in [-0.2, 0) is 7.05 Å². The third-order valence-electron chi connectivity index (χ3n) is 2.56. The van der Waals surface area contributed by atoms with Gasteiger partial charge in [-0.3, -0.25) is 4.68 Å².